The van der Waals surface area contributed by atoms with Crippen molar-refractivity contribution in [2.45, 2.75) is 38.3 Å². The van der Waals surface area contributed by atoms with Crippen LogP contribution in [0.3, 0.4) is 0 Å². The number of aromatic nitrogens is 3. The van der Waals surface area contributed by atoms with Gasteiger partial charge in [-0.25, -0.2) is 0 Å². The number of carboxylic acid groups (broad SMARTS) is 1. The molecule has 1 aromatic carbocycles. The molecule has 1 aliphatic heterocycles. The Balaban J connectivity index is 0.000000595. The number of carbonyl (C=O) groups is 1. The Labute approximate surface area is 136 Å². The van der Waals surface area contributed by atoms with Gasteiger partial charge in [-0.05, 0) is 38.4 Å². The van der Waals surface area contributed by atoms with E-state index in [4.69, 9.17) is 9.90 Å². The number of fused-ring (bicyclic) bond motifs is 1. The van der Waals surface area contributed by atoms with Crippen LogP contribution in [0.2, 0.25) is 0 Å². The fourth-order valence-corrected chi connectivity index (χ4v) is 3.01. The lowest BCUT2D eigenvalue weighted by Crippen LogP contribution is -2.16. The minimum absolute atomic E-state index is 0.250. The number of hydrogen-bond donors (Lipinski definition) is 1. The topological polar surface area (TPSA) is 71.2 Å². The minimum Gasteiger partial charge on any atom is -0.483 e. The summed E-state index contributed by atoms with van der Waals surface area (Å²) in [4.78, 5) is 10.5. The molecule has 23 heavy (non-hydrogen) atoms. The van der Waals surface area contributed by atoms with Gasteiger partial charge in [0.1, 0.15) is 11.6 Å². The maximum Gasteiger partial charge on any atom is 0.290 e. The normalized spacial score (nSPS) is 16.9. The molecule has 1 atom stereocenters. The Morgan fingerprint density at radius 2 is 1.96 bits per heavy atom. The summed E-state index contributed by atoms with van der Waals surface area (Å²) in [6, 6.07) is 10.9. The predicted octanol–water partition coefficient (Wildman–Crippen LogP) is 2.16. The number of rotatable bonds is 3. The summed E-state index contributed by atoms with van der Waals surface area (Å²) < 4.78 is 2.32. The molecule has 2 heterocycles. The minimum atomic E-state index is -0.250. The Morgan fingerprint density at radius 1 is 1.26 bits per heavy atom. The van der Waals surface area contributed by atoms with Crippen LogP contribution in [-0.4, -0.2) is 45.3 Å². The van der Waals surface area contributed by atoms with Gasteiger partial charge in [0.25, 0.3) is 6.47 Å². The van der Waals surface area contributed by atoms with E-state index in [0.717, 1.165) is 31.2 Å². The molecule has 0 bridgehead atoms. The van der Waals surface area contributed by atoms with Gasteiger partial charge in [0.2, 0.25) is 0 Å². The van der Waals surface area contributed by atoms with Crippen LogP contribution >= 0.6 is 0 Å². The molecule has 1 unspecified atom stereocenters. The van der Waals surface area contributed by atoms with E-state index in [-0.39, 0.29) is 6.47 Å². The summed E-state index contributed by atoms with van der Waals surface area (Å²) in [5.74, 6) is 2.89. The first-order valence-electron chi connectivity index (χ1n) is 7.84. The fraction of sp³-hybridized carbons (Fsp3) is 0.471. The van der Waals surface area contributed by atoms with Gasteiger partial charge in [-0.15, -0.1) is 10.2 Å². The Kier molecular flexibility index (Phi) is 6.29. The van der Waals surface area contributed by atoms with Crippen molar-refractivity contribution in [3.8, 4) is 0 Å². The van der Waals surface area contributed by atoms with Crippen LogP contribution in [0.25, 0.3) is 0 Å². The molecule has 1 N–H and O–H groups in total. The Hall–Kier alpha value is -2.21. The van der Waals surface area contributed by atoms with Crippen molar-refractivity contribution in [2.24, 2.45) is 0 Å². The summed E-state index contributed by atoms with van der Waals surface area (Å²) in [5.41, 5.74) is 1.46. The standard InChI is InChI=1S/C16H22N4.CH2O2/c1-19(2)12-16-18-17-15-9-8-14(10-11-20(15)16)13-6-4-3-5-7-13;2-1-3/h3-7,14H,8-12H2,1-2H3;1H,(H,2,3). The molecule has 0 amide bonds. The van der Waals surface area contributed by atoms with Crippen LogP contribution < -0.4 is 0 Å². The zero-order chi connectivity index (χ0) is 16.7. The highest BCUT2D eigenvalue weighted by atomic mass is 16.3. The quantitative estimate of drug-likeness (QED) is 0.879. The highest BCUT2D eigenvalue weighted by molar-refractivity contribution is 5.32. The van der Waals surface area contributed by atoms with Gasteiger partial charge in [-0.3, -0.25) is 4.79 Å². The van der Waals surface area contributed by atoms with Crippen molar-refractivity contribution in [2.75, 3.05) is 14.1 Å². The third-order valence-electron chi connectivity index (χ3n) is 4.05. The first-order chi connectivity index (χ1) is 11.2. The zero-order valence-electron chi connectivity index (χ0n) is 13.7. The molecular weight excluding hydrogens is 292 g/mol. The molecule has 1 aliphatic rings. The second kappa shape index (κ2) is 8.43. The highest BCUT2D eigenvalue weighted by Crippen LogP contribution is 2.29. The van der Waals surface area contributed by atoms with E-state index in [1.165, 1.54) is 18.4 Å². The molecule has 0 fully saturated rings. The van der Waals surface area contributed by atoms with E-state index < -0.39 is 0 Å². The van der Waals surface area contributed by atoms with Crippen molar-refractivity contribution in [1.29, 1.82) is 0 Å². The largest absolute Gasteiger partial charge is 0.483 e. The lowest BCUT2D eigenvalue weighted by Gasteiger charge is -2.15. The number of nitrogens with zero attached hydrogens (tertiary/aromatic N) is 4. The number of aryl methyl sites for hydroxylation is 1. The van der Waals surface area contributed by atoms with E-state index in [0.29, 0.717) is 5.92 Å². The first-order valence-corrected chi connectivity index (χ1v) is 7.84. The summed E-state index contributed by atoms with van der Waals surface area (Å²) in [5, 5.41) is 15.6. The Morgan fingerprint density at radius 3 is 2.61 bits per heavy atom. The van der Waals surface area contributed by atoms with Crippen molar-refractivity contribution in [3.05, 3.63) is 47.5 Å². The smallest absolute Gasteiger partial charge is 0.290 e. The molecule has 6 nitrogen and oxygen atoms in total. The summed E-state index contributed by atoms with van der Waals surface area (Å²) in [6.45, 7) is 1.65. The van der Waals surface area contributed by atoms with E-state index >= 15 is 0 Å². The van der Waals surface area contributed by atoms with Gasteiger partial charge < -0.3 is 14.6 Å². The molecular formula is C17H24N4O2. The lowest BCUT2D eigenvalue weighted by atomic mass is 9.92. The van der Waals surface area contributed by atoms with E-state index in [1.54, 1.807) is 0 Å². The fourth-order valence-electron chi connectivity index (χ4n) is 3.01. The molecule has 2 aromatic rings. The van der Waals surface area contributed by atoms with Gasteiger partial charge in [-0.2, -0.15) is 0 Å². The SMILES string of the molecule is CN(C)Cc1nnc2n1CCC(c1ccccc1)CC2.O=CO. The monoisotopic (exact) mass is 316 g/mol. The van der Waals surface area contributed by atoms with Crippen LogP contribution in [0.15, 0.2) is 30.3 Å². The molecule has 3 rings (SSSR count). The molecule has 0 saturated heterocycles. The van der Waals surface area contributed by atoms with Crippen LogP contribution in [0, 0.1) is 0 Å². The Bertz CT molecular complexity index is 610. The first kappa shape index (κ1) is 17.1. The van der Waals surface area contributed by atoms with E-state index in [2.05, 4.69) is 64.1 Å². The van der Waals surface area contributed by atoms with Gasteiger partial charge in [0.15, 0.2) is 0 Å². The maximum atomic E-state index is 8.36. The summed E-state index contributed by atoms with van der Waals surface area (Å²) in [6.07, 6.45) is 3.37. The molecule has 0 radical (unpaired) electrons. The molecule has 6 heteroatoms. The lowest BCUT2D eigenvalue weighted by molar-refractivity contribution is -0.122. The van der Waals surface area contributed by atoms with Gasteiger partial charge >= 0.3 is 0 Å². The van der Waals surface area contributed by atoms with Gasteiger partial charge in [0, 0.05) is 13.0 Å². The molecule has 1 aromatic heterocycles. The third kappa shape index (κ3) is 4.63. The van der Waals surface area contributed by atoms with Crippen LogP contribution in [-0.2, 0) is 24.3 Å². The third-order valence-corrected chi connectivity index (χ3v) is 4.05. The van der Waals surface area contributed by atoms with Crippen LogP contribution in [0.1, 0.15) is 36.0 Å². The number of benzene rings is 1. The predicted molar refractivity (Wildman–Crippen MR) is 88.2 cm³/mol. The summed E-state index contributed by atoms with van der Waals surface area (Å²) in [7, 11) is 4.15. The average Bonchev–Trinajstić information content (AvgIpc) is 2.78. The van der Waals surface area contributed by atoms with Gasteiger partial charge in [-0.1, -0.05) is 30.3 Å². The van der Waals surface area contributed by atoms with Crippen LogP contribution in [0.4, 0.5) is 0 Å². The summed E-state index contributed by atoms with van der Waals surface area (Å²) >= 11 is 0. The van der Waals surface area contributed by atoms with Crippen molar-refractivity contribution < 1.29 is 9.90 Å². The molecule has 0 spiro atoms. The highest BCUT2D eigenvalue weighted by Gasteiger charge is 2.21. The second-order valence-corrected chi connectivity index (χ2v) is 5.96. The average molecular weight is 316 g/mol. The molecule has 0 saturated carbocycles. The maximum absolute atomic E-state index is 8.36. The molecule has 124 valence electrons. The van der Waals surface area contributed by atoms with E-state index in [1.807, 2.05) is 0 Å². The van der Waals surface area contributed by atoms with Gasteiger partial charge in [0.05, 0.1) is 6.54 Å². The van der Waals surface area contributed by atoms with Crippen molar-refractivity contribution in [3.63, 3.8) is 0 Å². The molecule has 0 aliphatic carbocycles. The van der Waals surface area contributed by atoms with Crippen LogP contribution in [0.5, 0.6) is 0 Å². The second-order valence-electron chi connectivity index (χ2n) is 5.96. The zero-order valence-corrected chi connectivity index (χ0v) is 13.7. The van der Waals surface area contributed by atoms with E-state index in [9.17, 15) is 0 Å². The van der Waals surface area contributed by atoms with Crippen molar-refractivity contribution in [1.82, 2.24) is 19.7 Å². The number of hydrogen-bond acceptors (Lipinski definition) is 4. The van der Waals surface area contributed by atoms with Crippen molar-refractivity contribution >= 4 is 6.47 Å².